The van der Waals surface area contributed by atoms with Crippen LogP contribution in [0.3, 0.4) is 0 Å². The molecular formula is C10H21N3O. The third-order valence-electron chi connectivity index (χ3n) is 2.58. The van der Waals surface area contributed by atoms with Gasteiger partial charge in [0.1, 0.15) is 0 Å². The number of nitrogens with one attached hydrogen (secondary N) is 1. The summed E-state index contributed by atoms with van der Waals surface area (Å²) in [4.78, 5) is 13.5. The molecule has 1 aliphatic rings. The molecule has 1 amide bonds. The molecule has 0 aromatic heterocycles. The van der Waals surface area contributed by atoms with E-state index in [0.29, 0.717) is 6.54 Å². The fourth-order valence-corrected chi connectivity index (χ4v) is 1.52. The summed E-state index contributed by atoms with van der Waals surface area (Å²) in [6.07, 6.45) is 2.63. The van der Waals surface area contributed by atoms with Gasteiger partial charge in [0.2, 0.25) is 5.91 Å². The Kier molecular flexibility index (Phi) is 4.35. The highest BCUT2D eigenvalue weighted by Crippen LogP contribution is 2.25. The first kappa shape index (κ1) is 11.5. The molecule has 0 unspecified atom stereocenters. The Labute approximate surface area is 85.8 Å². The van der Waals surface area contributed by atoms with E-state index in [-0.39, 0.29) is 5.91 Å². The number of amides is 1. The van der Waals surface area contributed by atoms with Gasteiger partial charge in [0, 0.05) is 19.1 Å². The lowest BCUT2D eigenvalue weighted by molar-refractivity contribution is -0.122. The minimum absolute atomic E-state index is 0.0585. The number of carbonyl (C=O) groups excluding carboxylic acids is 1. The van der Waals surface area contributed by atoms with Crippen LogP contribution in [0.2, 0.25) is 0 Å². The van der Waals surface area contributed by atoms with Crippen molar-refractivity contribution in [3.05, 3.63) is 0 Å². The van der Waals surface area contributed by atoms with Gasteiger partial charge in [-0.3, -0.25) is 9.69 Å². The summed E-state index contributed by atoms with van der Waals surface area (Å²) in [5, 5.41) is 2.82. The quantitative estimate of drug-likeness (QED) is 0.630. The van der Waals surface area contributed by atoms with Gasteiger partial charge in [0.25, 0.3) is 0 Å². The number of nitrogens with zero attached hydrogens (tertiary/aromatic N) is 1. The summed E-state index contributed by atoms with van der Waals surface area (Å²) < 4.78 is 0. The van der Waals surface area contributed by atoms with Gasteiger partial charge in [0.15, 0.2) is 0 Å². The molecule has 0 aromatic carbocycles. The number of carbonyl (C=O) groups is 1. The van der Waals surface area contributed by atoms with E-state index in [1.54, 1.807) is 6.92 Å². The van der Waals surface area contributed by atoms with Gasteiger partial charge < -0.3 is 11.1 Å². The van der Waals surface area contributed by atoms with E-state index in [4.69, 9.17) is 5.73 Å². The zero-order chi connectivity index (χ0) is 10.6. The monoisotopic (exact) mass is 199 g/mol. The van der Waals surface area contributed by atoms with Crippen LogP contribution in [0, 0.1) is 0 Å². The number of hydrogen-bond donors (Lipinski definition) is 2. The smallest absolute Gasteiger partial charge is 0.236 e. The van der Waals surface area contributed by atoms with Gasteiger partial charge in [-0.1, -0.05) is 6.92 Å². The zero-order valence-electron chi connectivity index (χ0n) is 9.12. The largest absolute Gasteiger partial charge is 0.353 e. The predicted molar refractivity (Wildman–Crippen MR) is 56.9 cm³/mol. The van der Waals surface area contributed by atoms with Gasteiger partial charge in [-0.2, -0.15) is 0 Å². The van der Waals surface area contributed by atoms with Crippen molar-refractivity contribution >= 4 is 5.91 Å². The second kappa shape index (κ2) is 5.32. The van der Waals surface area contributed by atoms with Crippen molar-refractivity contribution in [3.8, 4) is 0 Å². The zero-order valence-corrected chi connectivity index (χ0v) is 9.12. The molecule has 0 aliphatic heterocycles. The summed E-state index contributed by atoms with van der Waals surface area (Å²) in [5.41, 5.74) is 5.43. The van der Waals surface area contributed by atoms with Crippen molar-refractivity contribution in [2.45, 2.75) is 38.8 Å². The Bertz CT molecular complexity index is 190. The van der Waals surface area contributed by atoms with E-state index in [1.165, 1.54) is 12.8 Å². The van der Waals surface area contributed by atoms with E-state index in [0.717, 1.165) is 19.1 Å². The molecule has 3 N–H and O–H groups in total. The number of rotatable bonds is 6. The van der Waals surface area contributed by atoms with E-state index in [9.17, 15) is 4.79 Å². The maximum absolute atomic E-state index is 11.1. The lowest BCUT2D eigenvalue weighted by Gasteiger charge is -2.20. The first-order valence-corrected chi connectivity index (χ1v) is 5.42. The average Bonchev–Trinajstić information content (AvgIpc) is 2.95. The molecule has 4 heteroatoms. The lowest BCUT2D eigenvalue weighted by atomic mass is 10.3. The van der Waals surface area contributed by atoms with Crippen molar-refractivity contribution < 1.29 is 4.79 Å². The minimum atomic E-state index is -0.397. The first-order valence-electron chi connectivity index (χ1n) is 5.42. The Balaban J connectivity index is 2.09. The third-order valence-corrected chi connectivity index (χ3v) is 2.58. The fraction of sp³-hybridized carbons (Fsp3) is 0.900. The lowest BCUT2D eigenvalue weighted by Crippen LogP contribution is -2.42. The highest BCUT2D eigenvalue weighted by molar-refractivity contribution is 5.80. The van der Waals surface area contributed by atoms with Crippen molar-refractivity contribution in [2.24, 2.45) is 5.73 Å². The standard InChI is InChI=1S/C10H21N3O/c1-3-13(9-4-5-9)7-6-12-10(14)8(2)11/h8-9H,3-7,11H2,1-2H3,(H,12,14)/t8-/m0/s1. The molecule has 0 saturated heterocycles. The Morgan fingerprint density at radius 1 is 1.64 bits per heavy atom. The second-order valence-electron chi connectivity index (χ2n) is 3.94. The van der Waals surface area contributed by atoms with Gasteiger partial charge in [-0.05, 0) is 26.3 Å². The highest BCUT2D eigenvalue weighted by Gasteiger charge is 2.27. The molecule has 1 fully saturated rings. The summed E-state index contributed by atoms with van der Waals surface area (Å²) in [7, 11) is 0. The molecule has 0 heterocycles. The highest BCUT2D eigenvalue weighted by atomic mass is 16.2. The maximum atomic E-state index is 11.1. The fourth-order valence-electron chi connectivity index (χ4n) is 1.52. The van der Waals surface area contributed by atoms with Gasteiger partial charge in [-0.25, -0.2) is 0 Å². The predicted octanol–water partition coefficient (Wildman–Crippen LogP) is -0.0659. The molecule has 4 nitrogen and oxygen atoms in total. The SMILES string of the molecule is CCN(CCNC(=O)[C@H](C)N)C1CC1. The van der Waals surface area contributed by atoms with Crippen LogP contribution in [0.1, 0.15) is 26.7 Å². The molecular weight excluding hydrogens is 178 g/mol. The van der Waals surface area contributed by atoms with Gasteiger partial charge in [0.05, 0.1) is 6.04 Å². The minimum Gasteiger partial charge on any atom is -0.353 e. The van der Waals surface area contributed by atoms with Crippen molar-refractivity contribution in [1.82, 2.24) is 10.2 Å². The normalized spacial score (nSPS) is 18.3. The Hall–Kier alpha value is -0.610. The van der Waals surface area contributed by atoms with E-state index in [2.05, 4.69) is 17.1 Å². The topological polar surface area (TPSA) is 58.4 Å². The summed E-state index contributed by atoms with van der Waals surface area (Å²) in [6.45, 7) is 6.59. The molecule has 1 rings (SSSR count). The van der Waals surface area contributed by atoms with Crippen LogP contribution in [-0.2, 0) is 4.79 Å². The Morgan fingerprint density at radius 2 is 2.29 bits per heavy atom. The first-order chi connectivity index (χ1) is 6.65. The average molecular weight is 199 g/mol. The van der Waals surface area contributed by atoms with Crippen LogP contribution in [0.25, 0.3) is 0 Å². The molecule has 0 aromatic rings. The van der Waals surface area contributed by atoms with Crippen LogP contribution < -0.4 is 11.1 Å². The van der Waals surface area contributed by atoms with Crippen LogP contribution in [0.15, 0.2) is 0 Å². The van der Waals surface area contributed by atoms with Crippen molar-refractivity contribution in [1.29, 1.82) is 0 Å². The van der Waals surface area contributed by atoms with E-state index < -0.39 is 6.04 Å². The molecule has 0 bridgehead atoms. The molecule has 0 spiro atoms. The summed E-state index contributed by atoms with van der Waals surface area (Å²) >= 11 is 0. The van der Waals surface area contributed by atoms with Crippen LogP contribution in [0.5, 0.6) is 0 Å². The van der Waals surface area contributed by atoms with Gasteiger partial charge in [-0.15, -0.1) is 0 Å². The third kappa shape index (κ3) is 3.64. The van der Waals surface area contributed by atoms with Crippen molar-refractivity contribution in [2.75, 3.05) is 19.6 Å². The molecule has 1 aliphatic carbocycles. The molecule has 1 saturated carbocycles. The van der Waals surface area contributed by atoms with Gasteiger partial charge >= 0.3 is 0 Å². The number of likely N-dealkylation sites (N-methyl/N-ethyl adjacent to an activating group) is 1. The van der Waals surface area contributed by atoms with E-state index >= 15 is 0 Å². The Morgan fingerprint density at radius 3 is 2.71 bits per heavy atom. The summed E-state index contributed by atoms with van der Waals surface area (Å²) in [6, 6.07) is 0.373. The number of nitrogens with two attached hydrogens (primary N) is 1. The van der Waals surface area contributed by atoms with E-state index in [1.807, 2.05) is 0 Å². The number of hydrogen-bond acceptors (Lipinski definition) is 3. The summed E-state index contributed by atoms with van der Waals surface area (Å²) in [5.74, 6) is -0.0585. The van der Waals surface area contributed by atoms with Crippen LogP contribution in [-0.4, -0.2) is 42.5 Å². The van der Waals surface area contributed by atoms with Crippen LogP contribution >= 0.6 is 0 Å². The molecule has 82 valence electrons. The maximum Gasteiger partial charge on any atom is 0.236 e. The van der Waals surface area contributed by atoms with Crippen LogP contribution in [0.4, 0.5) is 0 Å². The second-order valence-corrected chi connectivity index (χ2v) is 3.94. The molecule has 1 atom stereocenters. The molecule has 14 heavy (non-hydrogen) atoms. The van der Waals surface area contributed by atoms with Crippen molar-refractivity contribution in [3.63, 3.8) is 0 Å². The molecule has 0 radical (unpaired) electrons.